The molecule has 148 valence electrons. The van der Waals surface area contributed by atoms with Crippen molar-refractivity contribution in [1.82, 2.24) is 20.3 Å². The average molecular weight is 392 g/mol. The Morgan fingerprint density at radius 1 is 1.22 bits per heavy atom. The molecule has 3 rings (SSSR count). The van der Waals surface area contributed by atoms with Gasteiger partial charge in [-0.25, -0.2) is 13.1 Å². The maximum absolute atomic E-state index is 12.0. The summed E-state index contributed by atoms with van der Waals surface area (Å²) in [6.07, 6.45) is 6.37. The molecule has 0 spiro atoms. The first-order valence-electron chi connectivity index (χ1n) is 9.54. The Kier molecular flexibility index (Phi) is 6.73. The zero-order valence-corrected chi connectivity index (χ0v) is 16.6. The largest absolute Gasteiger partial charge is 0.361 e. The third-order valence-corrected chi connectivity index (χ3v) is 6.41. The first-order valence-corrected chi connectivity index (χ1v) is 11.2. The number of fused-ring (bicyclic) bond motifs is 1. The highest BCUT2D eigenvalue weighted by molar-refractivity contribution is 7.89. The van der Waals surface area contributed by atoms with Crippen molar-refractivity contribution in [2.24, 2.45) is 10.9 Å². The van der Waals surface area contributed by atoms with Crippen LogP contribution in [0.3, 0.4) is 0 Å². The van der Waals surface area contributed by atoms with E-state index in [1.807, 2.05) is 18.3 Å². The maximum atomic E-state index is 12.0. The summed E-state index contributed by atoms with van der Waals surface area (Å²) in [4.78, 5) is 7.43. The molecular weight excluding hydrogens is 362 g/mol. The number of sulfonamides is 1. The number of nitrogens with one attached hydrogen (secondary N) is 4. The number of rotatable bonds is 9. The third kappa shape index (κ3) is 5.71. The molecule has 1 aliphatic carbocycles. The van der Waals surface area contributed by atoms with Gasteiger partial charge in [-0.05, 0) is 36.8 Å². The molecule has 0 amide bonds. The predicted octanol–water partition coefficient (Wildman–Crippen LogP) is 1.59. The van der Waals surface area contributed by atoms with Crippen LogP contribution in [0.25, 0.3) is 10.9 Å². The molecule has 1 aliphatic rings. The number of nitrogens with zero attached hydrogens (tertiary/aromatic N) is 1. The predicted molar refractivity (Wildman–Crippen MR) is 110 cm³/mol. The standard InChI is InChI=1S/C19H29N5O2S/c1-20-19(22-11-12-27(25,26)24-13-15-5-4-6-15)21-10-9-16-14-23-18-8-3-2-7-17(16)18/h2-3,7-8,14-15,23-24H,4-6,9-13H2,1H3,(H2,20,21,22). The summed E-state index contributed by atoms with van der Waals surface area (Å²) in [6.45, 7) is 1.61. The molecule has 1 aromatic carbocycles. The van der Waals surface area contributed by atoms with E-state index < -0.39 is 10.0 Å². The lowest BCUT2D eigenvalue weighted by molar-refractivity contribution is 0.316. The van der Waals surface area contributed by atoms with Crippen molar-refractivity contribution in [3.05, 3.63) is 36.0 Å². The van der Waals surface area contributed by atoms with E-state index in [9.17, 15) is 8.42 Å². The number of benzene rings is 1. The van der Waals surface area contributed by atoms with Gasteiger partial charge in [0, 0.05) is 43.8 Å². The van der Waals surface area contributed by atoms with Gasteiger partial charge >= 0.3 is 0 Å². The van der Waals surface area contributed by atoms with E-state index in [-0.39, 0.29) is 5.75 Å². The lowest BCUT2D eigenvalue weighted by Gasteiger charge is -2.25. The van der Waals surface area contributed by atoms with E-state index in [4.69, 9.17) is 0 Å². The van der Waals surface area contributed by atoms with Gasteiger partial charge < -0.3 is 15.6 Å². The molecule has 7 nitrogen and oxygen atoms in total. The van der Waals surface area contributed by atoms with Crippen molar-refractivity contribution in [3.8, 4) is 0 Å². The number of aromatic amines is 1. The van der Waals surface area contributed by atoms with Gasteiger partial charge in [-0.15, -0.1) is 0 Å². The first-order chi connectivity index (χ1) is 13.1. The molecule has 0 atom stereocenters. The molecule has 0 saturated heterocycles. The van der Waals surface area contributed by atoms with E-state index in [2.05, 4.69) is 37.5 Å². The van der Waals surface area contributed by atoms with Crippen LogP contribution in [0.15, 0.2) is 35.5 Å². The van der Waals surface area contributed by atoms with Crippen LogP contribution in [0, 0.1) is 5.92 Å². The third-order valence-electron chi connectivity index (χ3n) is 5.07. The minimum absolute atomic E-state index is 0.0445. The smallest absolute Gasteiger partial charge is 0.213 e. The molecule has 8 heteroatoms. The van der Waals surface area contributed by atoms with Crippen LogP contribution in [-0.4, -0.2) is 51.8 Å². The number of guanidine groups is 1. The second kappa shape index (κ2) is 9.23. The number of para-hydroxylation sites is 1. The highest BCUT2D eigenvalue weighted by Gasteiger charge is 2.20. The van der Waals surface area contributed by atoms with Crippen LogP contribution in [0.5, 0.6) is 0 Å². The van der Waals surface area contributed by atoms with Crippen LogP contribution in [0.4, 0.5) is 0 Å². The van der Waals surface area contributed by atoms with Gasteiger partial charge in [0.2, 0.25) is 10.0 Å². The number of H-pyrrole nitrogens is 1. The van der Waals surface area contributed by atoms with E-state index in [0.29, 0.717) is 31.5 Å². The lowest BCUT2D eigenvalue weighted by Crippen LogP contribution is -2.42. The molecule has 0 aliphatic heterocycles. The van der Waals surface area contributed by atoms with Gasteiger partial charge in [-0.1, -0.05) is 24.6 Å². The average Bonchev–Trinajstić information content (AvgIpc) is 3.02. The Morgan fingerprint density at radius 3 is 2.74 bits per heavy atom. The van der Waals surface area contributed by atoms with Gasteiger partial charge in [-0.3, -0.25) is 4.99 Å². The van der Waals surface area contributed by atoms with Crippen LogP contribution in [-0.2, 0) is 16.4 Å². The van der Waals surface area contributed by atoms with Crippen molar-refractivity contribution in [2.45, 2.75) is 25.7 Å². The zero-order chi connectivity index (χ0) is 19.1. The van der Waals surface area contributed by atoms with Crippen LogP contribution in [0.1, 0.15) is 24.8 Å². The normalized spacial score (nSPS) is 15.7. The summed E-state index contributed by atoms with van der Waals surface area (Å²) >= 11 is 0. The Hall–Kier alpha value is -2.06. The quantitative estimate of drug-likeness (QED) is 0.385. The molecule has 27 heavy (non-hydrogen) atoms. The summed E-state index contributed by atoms with van der Waals surface area (Å²) in [5.41, 5.74) is 2.38. The number of aromatic nitrogens is 1. The fourth-order valence-corrected chi connectivity index (χ4v) is 4.20. The Morgan fingerprint density at radius 2 is 2.00 bits per heavy atom. The van der Waals surface area contributed by atoms with Crippen LogP contribution < -0.4 is 15.4 Å². The fraction of sp³-hybridized carbons (Fsp3) is 0.526. The Bertz CT molecular complexity index is 871. The molecule has 1 fully saturated rings. The zero-order valence-electron chi connectivity index (χ0n) is 15.8. The van der Waals surface area contributed by atoms with Crippen LogP contribution >= 0.6 is 0 Å². The highest BCUT2D eigenvalue weighted by Crippen LogP contribution is 2.25. The van der Waals surface area contributed by atoms with Crippen molar-refractivity contribution in [3.63, 3.8) is 0 Å². The van der Waals surface area contributed by atoms with E-state index >= 15 is 0 Å². The minimum Gasteiger partial charge on any atom is -0.361 e. The number of hydrogen-bond acceptors (Lipinski definition) is 3. The second-order valence-electron chi connectivity index (χ2n) is 7.00. The maximum Gasteiger partial charge on any atom is 0.213 e. The molecule has 0 unspecified atom stereocenters. The van der Waals surface area contributed by atoms with E-state index in [1.54, 1.807) is 7.05 Å². The topological polar surface area (TPSA) is 98.4 Å². The van der Waals surface area contributed by atoms with Crippen LogP contribution in [0.2, 0.25) is 0 Å². The van der Waals surface area contributed by atoms with E-state index in [0.717, 1.165) is 24.8 Å². The molecule has 0 radical (unpaired) electrons. The molecule has 2 aromatic rings. The monoisotopic (exact) mass is 391 g/mol. The Balaban J connectivity index is 1.37. The summed E-state index contributed by atoms with van der Waals surface area (Å²) in [7, 11) is -1.55. The van der Waals surface area contributed by atoms with Crippen molar-refractivity contribution >= 4 is 26.9 Å². The molecule has 1 heterocycles. The number of aliphatic imine (C=N–C) groups is 1. The Labute approximate surface area is 161 Å². The van der Waals surface area contributed by atoms with Gasteiger partial charge in [0.1, 0.15) is 0 Å². The van der Waals surface area contributed by atoms with Gasteiger partial charge in [0.15, 0.2) is 5.96 Å². The summed E-state index contributed by atoms with van der Waals surface area (Å²) in [5.74, 6) is 1.18. The molecule has 1 aromatic heterocycles. The van der Waals surface area contributed by atoms with E-state index in [1.165, 1.54) is 17.4 Å². The van der Waals surface area contributed by atoms with Gasteiger partial charge in [0.05, 0.1) is 5.75 Å². The SMILES string of the molecule is CN=C(NCCc1c[nH]c2ccccc12)NCCS(=O)(=O)NCC1CCC1. The molecule has 1 saturated carbocycles. The van der Waals surface area contributed by atoms with Crippen molar-refractivity contribution in [2.75, 3.05) is 32.4 Å². The first kappa shape index (κ1) is 19.7. The van der Waals surface area contributed by atoms with Crippen molar-refractivity contribution < 1.29 is 8.42 Å². The summed E-state index contributed by atoms with van der Waals surface area (Å²) in [5, 5.41) is 7.53. The van der Waals surface area contributed by atoms with Gasteiger partial charge in [-0.2, -0.15) is 0 Å². The van der Waals surface area contributed by atoms with Gasteiger partial charge in [0.25, 0.3) is 0 Å². The van der Waals surface area contributed by atoms with Crippen molar-refractivity contribution in [1.29, 1.82) is 0 Å². The number of hydrogen-bond donors (Lipinski definition) is 4. The second-order valence-corrected chi connectivity index (χ2v) is 8.93. The lowest BCUT2D eigenvalue weighted by atomic mass is 9.86. The minimum atomic E-state index is -3.24. The molecular formula is C19H29N5O2S. The summed E-state index contributed by atoms with van der Waals surface area (Å²) in [6, 6.07) is 8.22. The molecule has 4 N–H and O–H groups in total. The molecule has 0 bridgehead atoms. The fourth-order valence-electron chi connectivity index (χ4n) is 3.19. The highest BCUT2D eigenvalue weighted by atomic mass is 32.2. The summed E-state index contributed by atoms with van der Waals surface area (Å²) < 4.78 is 26.7.